The third-order valence-corrected chi connectivity index (χ3v) is 8.63. The highest BCUT2D eigenvalue weighted by molar-refractivity contribution is 7.96. The zero-order valence-corrected chi connectivity index (χ0v) is 15.6. The van der Waals surface area contributed by atoms with Gasteiger partial charge in [0.15, 0.2) is 19.7 Å². The molecule has 0 aromatic heterocycles. The van der Waals surface area contributed by atoms with Gasteiger partial charge in [0.25, 0.3) is 0 Å². The Balaban J connectivity index is 1.85. The SMILES string of the molecule is Cc1ccc(S(=O)(=O)[C@@H]2CS(=O)(=O)C[C@H]2NCc2ccccc2)cc1. The number of hydrogen-bond donors (Lipinski definition) is 1. The molecule has 0 unspecified atom stereocenters. The van der Waals surface area contributed by atoms with Gasteiger partial charge in [-0.05, 0) is 24.6 Å². The molecule has 2 aromatic rings. The summed E-state index contributed by atoms with van der Waals surface area (Å²) in [7, 11) is -7.11. The standard InChI is InChI=1S/C18H21NO4S2/c1-14-7-9-16(10-8-14)25(22,23)18-13-24(20,21)12-17(18)19-11-15-5-3-2-4-6-15/h2-10,17-19H,11-13H2,1H3/t17-,18-/m1/s1. The number of sulfone groups is 2. The molecule has 1 aliphatic rings. The van der Waals surface area contributed by atoms with Crippen molar-refractivity contribution < 1.29 is 16.8 Å². The lowest BCUT2D eigenvalue weighted by Crippen LogP contribution is -2.43. The first kappa shape index (κ1) is 18.1. The minimum absolute atomic E-state index is 0.157. The molecule has 2 aromatic carbocycles. The molecule has 1 aliphatic heterocycles. The van der Waals surface area contributed by atoms with E-state index in [0.29, 0.717) is 6.54 Å². The summed E-state index contributed by atoms with van der Waals surface area (Å²) in [5.74, 6) is -0.495. The Labute approximate surface area is 148 Å². The number of nitrogens with one attached hydrogen (secondary N) is 1. The molecule has 25 heavy (non-hydrogen) atoms. The first-order valence-corrected chi connectivity index (χ1v) is 11.4. The third kappa shape index (κ3) is 4.11. The third-order valence-electron chi connectivity index (χ3n) is 4.46. The molecule has 3 rings (SSSR count). The highest BCUT2D eigenvalue weighted by Gasteiger charge is 2.45. The van der Waals surface area contributed by atoms with Crippen LogP contribution in [0.3, 0.4) is 0 Å². The van der Waals surface area contributed by atoms with Crippen molar-refractivity contribution in [3.63, 3.8) is 0 Å². The van der Waals surface area contributed by atoms with Crippen LogP contribution in [0.4, 0.5) is 0 Å². The molecule has 2 atom stereocenters. The van der Waals surface area contributed by atoms with Gasteiger partial charge in [-0.2, -0.15) is 0 Å². The first-order valence-electron chi connectivity index (χ1n) is 8.06. The van der Waals surface area contributed by atoms with E-state index in [0.717, 1.165) is 11.1 Å². The Morgan fingerprint density at radius 2 is 1.64 bits per heavy atom. The van der Waals surface area contributed by atoms with Gasteiger partial charge in [0.1, 0.15) is 0 Å². The van der Waals surface area contributed by atoms with Crippen LogP contribution < -0.4 is 5.32 Å². The zero-order chi connectivity index (χ0) is 18.1. The summed E-state index contributed by atoms with van der Waals surface area (Å²) in [6, 6.07) is 15.4. The van der Waals surface area contributed by atoms with E-state index in [2.05, 4.69) is 5.32 Å². The van der Waals surface area contributed by atoms with Crippen LogP contribution >= 0.6 is 0 Å². The van der Waals surface area contributed by atoms with E-state index in [4.69, 9.17) is 0 Å². The molecule has 0 bridgehead atoms. The molecule has 0 saturated carbocycles. The van der Waals surface area contributed by atoms with Gasteiger partial charge in [0.05, 0.1) is 21.7 Å². The Bertz CT molecular complexity index is 936. The van der Waals surface area contributed by atoms with Crippen molar-refractivity contribution in [2.45, 2.75) is 29.7 Å². The van der Waals surface area contributed by atoms with E-state index in [1.807, 2.05) is 37.3 Å². The van der Waals surface area contributed by atoms with Crippen molar-refractivity contribution >= 4 is 19.7 Å². The van der Waals surface area contributed by atoms with Crippen LogP contribution in [0.25, 0.3) is 0 Å². The summed E-state index contributed by atoms with van der Waals surface area (Å²) in [4.78, 5) is 0.173. The van der Waals surface area contributed by atoms with Gasteiger partial charge in [0, 0.05) is 12.6 Å². The van der Waals surface area contributed by atoms with Crippen LogP contribution in [0.15, 0.2) is 59.5 Å². The predicted octanol–water partition coefficient (Wildman–Crippen LogP) is 1.72. The second kappa shape index (κ2) is 6.90. The summed E-state index contributed by atoms with van der Waals surface area (Å²) in [5.41, 5.74) is 1.94. The number of hydrogen-bond acceptors (Lipinski definition) is 5. The van der Waals surface area contributed by atoms with Crippen LogP contribution in [0.5, 0.6) is 0 Å². The molecule has 0 aliphatic carbocycles. The van der Waals surface area contributed by atoms with Gasteiger partial charge in [-0.1, -0.05) is 48.0 Å². The monoisotopic (exact) mass is 379 g/mol. The van der Waals surface area contributed by atoms with Gasteiger partial charge in [-0.3, -0.25) is 0 Å². The van der Waals surface area contributed by atoms with E-state index >= 15 is 0 Å². The summed E-state index contributed by atoms with van der Waals surface area (Å²) >= 11 is 0. The van der Waals surface area contributed by atoms with E-state index < -0.39 is 31.0 Å². The van der Waals surface area contributed by atoms with Crippen molar-refractivity contribution in [1.29, 1.82) is 0 Å². The van der Waals surface area contributed by atoms with Crippen molar-refractivity contribution in [1.82, 2.24) is 5.32 Å². The summed E-state index contributed by atoms with van der Waals surface area (Å²) in [5, 5.41) is 2.16. The summed E-state index contributed by atoms with van der Waals surface area (Å²) in [6.07, 6.45) is 0. The van der Waals surface area contributed by atoms with Crippen LogP contribution in [0.2, 0.25) is 0 Å². The molecule has 1 heterocycles. The highest BCUT2D eigenvalue weighted by Crippen LogP contribution is 2.26. The lowest BCUT2D eigenvalue weighted by molar-refractivity contribution is 0.526. The van der Waals surface area contributed by atoms with Gasteiger partial charge in [0.2, 0.25) is 0 Å². The minimum atomic E-state index is -3.72. The molecule has 1 fully saturated rings. The maximum atomic E-state index is 13.0. The van der Waals surface area contributed by atoms with E-state index in [9.17, 15) is 16.8 Å². The maximum Gasteiger partial charge on any atom is 0.183 e. The molecule has 5 nitrogen and oxygen atoms in total. The van der Waals surface area contributed by atoms with Crippen LogP contribution in [-0.2, 0) is 26.2 Å². The molecule has 1 saturated heterocycles. The quantitative estimate of drug-likeness (QED) is 0.856. The molecule has 0 amide bonds. The van der Waals surface area contributed by atoms with Gasteiger partial charge in [-0.25, -0.2) is 16.8 Å². The molecule has 7 heteroatoms. The Morgan fingerprint density at radius 1 is 1.00 bits per heavy atom. The van der Waals surface area contributed by atoms with E-state index in [1.165, 1.54) is 0 Å². The fraction of sp³-hybridized carbons (Fsp3) is 0.333. The predicted molar refractivity (Wildman–Crippen MR) is 97.9 cm³/mol. The van der Waals surface area contributed by atoms with Crippen molar-refractivity contribution in [3.05, 3.63) is 65.7 Å². The number of aryl methyl sites for hydroxylation is 1. The minimum Gasteiger partial charge on any atom is -0.308 e. The lowest BCUT2D eigenvalue weighted by atomic mass is 10.2. The van der Waals surface area contributed by atoms with Gasteiger partial charge >= 0.3 is 0 Å². The zero-order valence-electron chi connectivity index (χ0n) is 13.9. The number of benzene rings is 2. The topological polar surface area (TPSA) is 80.3 Å². The maximum absolute atomic E-state index is 13.0. The molecule has 0 radical (unpaired) electrons. The molecular formula is C18H21NO4S2. The number of rotatable bonds is 5. The van der Waals surface area contributed by atoms with Crippen LogP contribution in [0, 0.1) is 6.92 Å². The van der Waals surface area contributed by atoms with Gasteiger partial charge < -0.3 is 5.32 Å². The van der Waals surface area contributed by atoms with E-state index in [1.54, 1.807) is 24.3 Å². The average molecular weight is 380 g/mol. The second-order valence-electron chi connectivity index (χ2n) is 6.45. The molecular weight excluding hydrogens is 358 g/mol. The van der Waals surface area contributed by atoms with Crippen molar-refractivity contribution in [2.75, 3.05) is 11.5 Å². The molecule has 0 spiro atoms. The Hall–Kier alpha value is -1.70. The Morgan fingerprint density at radius 3 is 2.28 bits per heavy atom. The van der Waals surface area contributed by atoms with Crippen molar-refractivity contribution in [3.8, 4) is 0 Å². The highest BCUT2D eigenvalue weighted by atomic mass is 32.2. The lowest BCUT2D eigenvalue weighted by Gasteiger charge is -2.20. The second-order valence-corrected chi connectivity index (χ2v) is 10.8. The van der Waals surface area contributed by atoms with Crippen molar-refractivity contribution in [2.24, 2.45) is 0 Å². The fourth-order valence-corrected chi connectivity index (χ4v) is 7.78. The summed E-state index contributed by atoms with van der Waals surface area (Å²) < 4.78 is 50.1. The Kier molecular flexibility index (Phi) is 4.99. The normalized spacial score (nSPS) is 22.8. The average Bonchev–Trinajstić information content (AvgIpc) is 2.90. The van der Waals surface area contributed by atoms with E-state index in [-0.39, 0.29) is 16.4 Å². The fourth-order valence-electron chi connectivity index (χ4n) is 3.06. The summed E-state index contributed by atoms with van der Waals surface area (Å²) in [6.45, 7) is 2.31. The molecule has 1 N–H and O–H groups in total. The first-order chi connectivity index (χ1) is 11.8. The molecule has 134 valence electrons. The van der Waals surface area contributed by atoms with Crippen LogP contribution in [0.1, 0.15) is 11.1 Å². The largest absolute Gasteiger partial charge is 0.308 e. The van der Waals surface area contributed by atoms with Gasteiger partial charge in [-0.15, -0.1) is 0 Å². The smallest absolute Gasteiger partial charge is 0.183 e. The van der Waals surface area contributed by atoms with Crippen LogP contribution in [-0.4, -0.2) is 39.6 Å².